The number of ether oxygens (including phenoxy) is 4. The fourth-order valence-corrected chi connectivity index (χ4v) is 1.17. The third-order valence-corrected chi connectivity index (χ3v) is 2.03. The second-order valence-electron chi connectivity index (χ2n) is 3.09. The molecule has 6 heteroatoms. The van der Waals surface area contributed by atoms with Crippen LogP contribution in [-0.2, 0) is 19.1 Å². The Morgan fingerprint density at radius 3 is 2.17 bits per heavy atom. The van der Waals surface area contributed by atoms with Gasteiger partial charge in [0.05, 0.1) is 25.4 Å². The average Bonchev–Trinajstić information content (AvgIpc) is 2.43. The van der Waals surface area contributed by atoms with Crippen molar-refractivity contribution in [3.63, 3.8) is 0 Å². The summed E-state index contributed by atoms with van der Waals surface area (Å²) in [5, 5.41) is 0. The van der Waals surface area contributed by atoms with Gasteiger partial charge in [0.25, 0.3) is 6.10 Å². The van der Waals surface area contributed by atoms with E-state index in [-0.39, 0.29) is 11.5 Å². The molecular weight excluding hydrogens is 240 g/mol. The summed E-state index contributed by atoms with van der Waals surface area (Å²) < 4.78 is 40.0. The third-order valence-electron chi connectivity index (χ3n) is 2.03. The van der Waals surface area contributed by atoms with E-state index < -0.39 is 25.1 Å². The van der Waals surface area contributed by atoms with E-state index in [4.69, 9.17) is 13.6 Å². The van der Waals surface area contributed by atoms with Gasteiger partial charge >= 0.3 is 11.9 Å². The van der Waals surface area contributed by atoms with Crippen molar-refractivity contribution in [1.82, 2.24) is 0 Å². The molecule has 0 heterocycles. The molecule has 0 amide bonds. The molecule has 1 aromatic rings. The molecule has 0 radical (unpaired) electrons. The van der Waals surface area contributed by atoms with Crippen LogP contribution in [0, 0.1) is 0 Å². The van der Waals surface area contributed by atoms with Gasteiger partial charge in [0.2, 0.25) is 0 Å². The van der Waals surface area contributed by atoms with Crippen LogP contribution in [0.1, 0.15) is 4.11 Å². The number of carbonyl (C=O) groups excluding carboxylic acids is 2. The zero-order valence-electron chi connectivity index (χ0n) is 12.8. The van der Waals surface area contributed by atoms with E-state index in [9.17, 15) is 9.59 Å². The average molecular weight is 257 g/mol. The Bertz CT molecular complexity index is 498. The molecule has 1 rings (SSSR count). The maximum absolute atomic E-state index is 11.5. The Morgan fingerprint density at radius 1 is 1.11 bits per heavy atom. The minimum absolute atomic E-state index is 0.102. The molecule has 0 unspecified atom stereocenters. The smallest absolute Gasteiger partial charge is 0.359 e. The first kappa shape index (κ1) is 9.76. The summed E-state index contributed by atoms with van der Waals surface area (Å²) in [6.07, 6.45) is -1.68. The van der Waals surface area contributed by atoms with E-state index >= 15 is 0 Å². The lowest BCUT2D eigenvalue weighted by molar-refractivity contribution is -0.163. The summed E-state index contributed by atoms with van der Waals surface area (Å²) in [6.45, 7) is 0. The minimum Gasteiger partial charge on any atom is -0.493 e. The van der Waals surface area contributed by atoms with Crippen LogP contribution in [0.3, 0.4) is 0 Å². The van der Waals surface area contributed by atoms with Crippen molar-refractivity contribution in [2.45, 2.75) is 6.10 Å². The summed E-state index contributed by atoms with van der Waals surface area (Å²) in [6, 6.07) is 5.71. The summed E-state index contributed by atoms with van der Waals surface area (Å²) in [4.78, 5) is 23.0. The molecule has 0 aliphatic heterocycles. The molecule has 0 fully saturated rings. The number of methoxy groups -OCH3 is 3. The molecule has 0 spiro atoms. The van der Waals surface area contributed by atoms with E-state index in [1.807, 2.05) is 0 Å². The van der Waals surface area contributed by atoms with Gasteiger partial charge in [-0.15, -0.1) is 0 Å². The molecule has 0 aliphatic carbocycles. The quantitative estimate of drug-likeness (QED) is 0.573. The van der Waals surface area contributed by atoms with E-state index in [2.05, 4.69) is 9.47 Å². The molecule has 0 bridgehead atoms. The summed E-state index contributed by atoms with van der Waals surface area (Å²) in [5.74, 6) is -2.21. The highest BCUT2D eigenvalue weighted by atomic mass is 16.6. The SMILES string of the molecule is [2H]C([2H])([2H])Oc1ccccc1OC(C(=O)OC)C(=O)OC. The van der Waals surface area contributed by atoms with Crippen LogP contribution in [0.4, 0.5) is 0 Å². The van der Waals surface area contributed by atoms with Crippen LogP contribution < -0.4 is 9.47 Å². The lowest BCUT2D eigenvalue weighted by Gasteiger charge is -2.16. The van der Waals surface area contributed by atoms with Crippen LogP contribution in [0.15, 0.2) is 24.3 Å². The second-order valence-corrected chi connectivity index (χ2v) is 3.09. The molecule has 98 valence electrons. The van der Waals surface area contributed by atoms with Crippen molar-refractivity contribution in [2.24, 2.45) is 0 Å². The Kier molecular flexibility index (Phi) is 3.51. The Morgan fingerprint density at radius 2 is 1.67 bits per heavy atom. The van der Waals surface area contributed by atoms with Crippen molar-refractivity contribution >= 4 is 11.9 Å². The Balaban J connectivity index is 3.04. The first-order valence-electron chi connectivity index (χ1n) is 6.39. The third kappa shape index (κ3) is 3.13. The van der Waals surface area contributed by atoms with Gasteiger partial charge in [0, 0.05) is 0 Å². The van der Waals surface area contributed by atoms with E-state index in [1.165, 1.54) is 24.3 Å². The molecule has 1 aromatic carbocycles. The summed E-state index contributed by atoms with van der Waals surface area (Å²) >= 11 is 0. The van der Waals surface area contributed by atoms with Crippen LogP contribution in [-0.4, -0.2) is 39.3 Å². The first-order valence-corrected chi connectivity index (χ1v) is 4.89. The molecule has 0 aliphatic rings. The van der Waals surface area contributed by atoms with Crippen molar-refractivity contribution in [1.29, 1.82) is 0 Å². The predicted molar refractivity (Wildman–Crippen MR) is 61.4 cm³/mol. The Hall–Kier alpha value is -2.24. The molecular formula is C12H14O6. The van der Waals surface area contributed by atoms with Gasteiger partial charge in [-0.1, -0.05) is 12.1 Å². The highest BCUT2D eigenvalue weighted by molar-refractivity contribution is 5.98. The maximum atomic E-state index is 11.5. The van der Waals surface area contributed by atoms with Crippen LogP contribution in [0.25, 0.3) is 0 Å². The van der Waals surface area contributed by atoms with Crippen LogP contribution in [0.5, 0.6) is 11.5 Å². The van der Waals surface area contributed by atoms with Crippen LogP contribution in [0.2, 0.25) is 0 Å². The summed E-state index contributed by atoms with van der Waals surface area (Å²) in [5.41, 5.74) is 0. The molecule has 0 atom stereocenters. The van der Waals surface area contributed by atoms with Crippen LogP contribution >= 0.6 is 0 Å². The van der Waals surface area contributed by atoms with Crippen molar-refractivity contribution in [3.8, 4) is 11.5 Å². The van der Waals surface area contributed by atoms with Gasteiger partial charge < -0.3 is 18.9 Å². The maximum Gasteiger partial charge on any atom is 0.359 e. The lowest BCUT2D eigenvalue weighted by atomic mass is 10.3. The fourth-order valence-electron chi connectivity index (χ4n) is 1.17. The predicted octanol–water partition coefficient (Wildman–Crippen LogP) is 0.789. The van der Waals surface area contributed by atoms with Gasteiger partial charge in [-0.05, 0) is 12.1 Å². The monoisotopic (exact) mass is 257 g/mol. The van der Waals surface area contributed by atoms with Crippen molar-refractivity contribution < 1.29 is 32.6 Å². The molecule has 0 N–H and O–H groups in total. The number of carbonyl (C=O) groups is 2. The standard InChI is InChI=1S/C12H14O6/c1-15-8-6-4-5-7-9(8)18-10(11(13)16-2)12(14)17-3/h4-7,10H,1-3H3/i1D3. The number of hydrogen-bond acceptors (Lipinski definition) is 6. The molecule has 0 aromatic heterocycles. The number of para-hydroxylation sites is 2. The summed E-state index contributed by atoms with van der Waals surface area (Å²) in [7, 11) is -0.551. The molecule has 0 saturated heterocycles. The topological polar surface area (TPSA) is 71.1 Å². The van der Waals surface area contributed by atoms with Crippen molar-refractivity contribution in [2.75, 3.05) is 21.3 Å². The first-order chi connectivity index (χ1) is 9.78. The van der Waals surface area contributed by atoms with Gasteiger partial charge in [0.15, 0.2) is 11.5 Å². The highest BCUT2D eigenvalue weighted by Gasteiger charge is 2.31. The largest absolute Gasteiger partial charge is 0.493 e. The highest BCUT2D eigenvalue weighted by Crippen LogP contribution is 2.27. The lowest BCUT2D eigenvalue weighted by Crippen LogP contribution is -2.37. The molecule has 6 nitrogen and oxygen atoms in total. The number of rotatable bonds is 5. The second kappa shape index (κ2) is 6.48. The minimum atomic E-state index is -2.70. The number of hydrogen-bond donors (Lipinski definition) is 0. The number of benzene rings is 1. The van der Waals surface area contributed by atoms with E-state index in [0.717, 1.165) is 14.2 Å². The zero-order chi connectivity index (χ0) is 16.0. The molecule has 18 heavy (non-hydrogen) atoms. The molecule has 0 saturated carbocycles. The van der Waals surface area contributed by atoms with Crippen molar-refractivity contribution in [3.05, 3.63) is 24.3 Å². The van der Waals surface area contributed by atoms with E-state index in [1.54, 1.807) is 0 Å². The van der Waals surface area contributed by atoms with Gasteiger partial charge in [-0.25, -0.2) is 9.59 Å². The number of esters is 2. The van der Waals surface area contributed by atoms with Gasteiger partial charge in [-0.2, -0.15) is 0 Å². The van der Waals surface area contributed by atoms with Gasteiger partial charge in [0.1, 0.15) is 0 Å². The Labute approximate surface area is 109 Å². The normalized spacial score (nSPS) is 12.9. The zero-order valence-corrected chi connectivity index (χ0v) is 9.84. The van der Waals surface area contributed by atoms with E-state index in [0.29, 0.717) is 0 Å². The van der Waals surface area contributed by atoms with Gasteiger partial charge in [-0.3, -0.25) is 0 Å². The fraction of sp³-hybridized carbons (Fsp3) is 0.333.